The number of fused-ring (bicyclic) bond motifs is 2. The Bertz CT molecular complexity index is 1020. The topological polar surface area (TPSA) is 102 Å². The fourth-order valence-electron chi connectivity index (χ4n) is 2.98. The number of Topliss-reactive ketones (excluding diaryl/α,β-unsaturated/α-hetero) is 1. The second-order valence-corrected chi connectivity index (χ2v) is 8.02. The van der Waals surface area contributed by atoms with Crippen LogP contribution in [0.25, 0.3) is 0 Å². The molecule has 0 N–H and O–H groups in total. The van der Waals surface area contributed by atoms with Crippen LogP contribution in [-0.2, 0) is 26.0 Å². The van der Waals surface area contributed by atoms with Crippen molar-refractivity contribution in [2.75, 3.05) is 25.5 Å². The maximum Gasteiger partial charge on any atom is 0.340 e. The van der Waals surface area contributed by atoms with Crippen LogP contribution in [0.4, 0.5) is 0 Å². The normalized spacial score (nSPS) is 19.3. The van der Waals surface area contributed by atoms with Crippen molar-refractivity contribution >= 4 is 27.6 Å². The van der Waals surface area contributed by atoms with E-state index in [2.05, 4.69) is 4.40 Å². The highest BCUT2D eigenvalue weighted by Gasteiger charge is 2.25. The molecule has 9 heteroatoms. The Morgan fingerprint density at radius 3 is 2.96 bits per heavy atom. The first-order chi connectivity index (χ1) is 12.9. The van der Waals surface area contributed by atoms with Crippen LogP contribution < -0.4 is 4.74 Å². The van der Waals surface area contributed by atoms with Crippen molar-refractivity contribution in [2.45, 2.75) is 6.42 Å². The summed E-state index contributed by atoms with van der Waals surface area (Å²) in [6.07, 6.45) is 5.10. The van der Waals surface area contributed by atoms with Gasteiger partial charge in [-0.25, -0.2) is 13.2 Å². The van der Waals surface area contributed by atoms with Crippen LogP contribution in [0.1, 0.15) is 15.9 Å². The fourth-order valence-corrected chi connectivity index (χ4v) is 3.95. The number of hydrogen-bond acceptors (Lipinski definition) is 7. The standard InChI is InChI=1S/C18H16N2O6S/c21-15(12-1-3-16-13(9-12)5-7-25-16)11-26-18(22)14-2-4-17-19-27(23,24)8-6-20(17)10-14/h1-4,9-10H,5-8,11H2. The minimum absolute atomic E-state index is 0.121. The first-order valence-corrected chi connectivity index (χ1v) is 9.97. The van der Waals surface area contributed by atoms with Gasteiger partial charge in [0.1, 0.15) is 11.6 Å². The molecule has 0 bridgehead atoms. The lowest BCUT2D eigenvalue weighted by Gasteiger charge is -2.26. The summed E-state index contributed by atoms with van der Waals surface area (Å²) in [4.78, 5) is 26.1. The van der Waals surface area contributed by atoms with E-state index in [0.29, 0.717) is 12.2 Å². The van der Waals surface area contributed by atoms with Crippen LogP contribution in [0.5, 0.6) is 5.75 Å². The molecule has 0 atom stereocenters. The molecular formula is C18H16N2O6S. The molecule has 0 spiro atoms. The number of carbonyl (C=O) groups is 2. The van der Waals surface area contributed by atoms with Crippen molar-refractivity contribution in [2.24, 2.45) is 4.40 Å². The molecule has 0 amide bonds. The van der Waals surface area contributed by atoms with Crippen molar-refractivity contribution < 1.29 is 27.5 Å². The van der Waals surface area contributed by atoms with Gasteiger partial charge in [-0.15, -0.1) is 4.40 Å². The number of rotatable bonds is 4. The highest BCUT2D eigenvalue weighted by Crippen LogP contribution is 2.26. The van der Waals surface area contributed by atoms with E-state index in [-0.39, 0.29) is 36.1 Å². The molecule has 1 aromatic carbocycles. The van der Waals surface area contributed by atoms with Gasteiger partial charge >= 0.3 is 5.97 Å². The van der Waals surface area contributed by atoms with E-state index in [9.17, 15) is 18.0 Å². The molecule has 27 heavy (non-hydrogen) atoms. The lowest BCUT2D eigenvalue weighted by molar-refractivity contribution is -0.137. The number of ether oxygens (including phenoxy) is 2. The Balaban J connectivity index is 1.39. The van der Waals surface area contributed by atoms with E-state index in [1.54, 1.807) is 23.1 Å². The molecule has 140 valence electrons. The Morgan fingerprint density at radius 1 is 1.26 bits per heavy atom. The van der Waals surface area contributed by atoms with Gasteiger partial charge in [-0.2, -0.15) is 0 Å². The number of ketones is 1. The van der Waals surface area contributed by atoms with Crippen molar-refractivity contribution in [3.05, 3.63) is 53.3 Å². The van der Waals surface area contributed by atoms with Crippen LogP contribution >= 0.6 is 0 Å². The van der Waals surface area contributed by atoms with E-state index < -0.39 is 16.0 Å². The van der Waals surface area contributed by atoms with Gasteiger partial charge in [0.25, 0.3) is 10.0 Å². The first kappa shape index (κ1) is 17.5. The number of hydrogen-bond donors (Lipinski definition) is 0. The quantitative estimate of drug-likeness (QED) is 0.556. The number of sulfonamides is 1. The van der Waals surface area contributed by atoms with Gasteiger partial charge in [-0.3, -0.25) is 4.79 Å². The van der Waals surface area contributed by atoms with Gasteiger partial charge in [0.05, 0.1) is 17.9 Å². The van der Waals surface area contributed by atoms with E-state index in [4.69, 9.17) is 9.47 Å². The SMILES string of the molecule is O=C(OCC(=O)c1ccc2c(c1)CCO2)C1=CN2CCS(=O)(=O)N=C2C=C1. The molecule has 0 unspecified atom stereocenters. The van der Waals surface area contributed by atoms with Gasteiger partial charge in [0.2, 0.25) is 0 Å². The second-order valence-electron chi connectivity index (χ2n) is 6.27. The van der Waals surface area contributed by atoms with Crippen molar-refractivity contribution in [1.82, 2.24) is 4.90 Å². The molecule has 0 saturated heterocycles. The highest BCUT2D eigenvalue weighted by atomic mass is 32.2. The van der Waals surface area contributed by atoms with Crippen LogP contribution in [0.3, 0.4) is 0 Å². The summed E-state index contributed by atoms with van der Waals surface area (Å²) in [6.45, 7) is 0.433. The Kier molecular flexibility index (Phi) is 4.31. The van der Waals surface area contributed by atoms with Gasteiger partial charge < -0.3 is 14.4 Å². The largest absolute Gasteiger partial charge is 0.493 e. The molecule has 0 aliphatic carbocycles. The van der Waals surface area contributed by atoms with Crippen molar-refractivity contribution in [3.63, 3.8) is 0 Å². The molecule has 3 heterocycles. The van der Waals surface area contributed by atoms with E-state index in [1.807, 2.05) is 0 Å². The van der Waals surface area contributed by atoms with E-state index >= 15 is 0 Å². The lowest BCUT2D eigenvalue weighted by atomic mass is 10.1. The molecular weight excluding hydrogens is 372 g/mol. The zero-order valence-electron chi connectivity index (χ0n) is 14.3. The third-order valence-electron chi connectivity index (χ3n) is 4.41. The third-order valence-corrected chi connectivity index (χ3v) is 5.57. The zero-order valence-corrected chi connectivity index (χ0v) is 15.1. The molecule has 8 nitrogen and oxygen atoms in total. The number of carbonyl (C=O) groups excluding carboxylic acids is 2. The average Bonchev–Trinajstić information content (AvgIpc) is 3.12. The van der Waals surface area contributed by atoms with Crippen molar-refractivity contribution in [1.29, 1.82) is 0 Å². The number of benzene rings is 1. The molecule has 0 fully saturated rings. The van der Waals surface area contributed by atoms with Crippen LogP contribution in [0, 0.1) is 0 Å². The summed E-state index contributed by atoms with van der Waals surface area (Å²) in [5.74, 6) is -0.0402. The number of amidine groups is 1. The highest BCUT2D eigenvalue weighted by molar-refractivity contribution is 7.90. The summed E-state index contributed by atoms with van der Waals surface area (Å²) in [5.41, 5.74) is 1.66. The predicted octanol–water partition coefficient (Wildman–Crippen LogP) is 0.845. The van der Waals surface area contributed by atoms with E-state index in [1.165, 1.54) is 18.4 Å². The number of nitrogens with zero attached hydrogens (tertiary/aromatic N) is 2. The molecule has 0 aromatic heterocycles. The third kappa shape index (κ3) is 3.63. The first-order valence-electron chi connectivity index (χ1n) is 8.36. The summed E-state index contributed by atoms with van der Waals surface area (Å²) >= 11 is 0. The Hall–Kier alpha value is -2.94. The van der Waals surface area contributed by atoms with Gasteiger partial charge in [-0.05, 0) is 35.9 Å². The molecule has 4 rings (SSSR count). The molecule has 3 aliphatic heterocycles. The minimum Gasteiger partial charge on any atom is -0.493 e. The molecule has 0 saturated carbocycles. The van der Waals surface area contributed by atoms with Gasteiger partial charge in [-0.1, -0.05) is 0 Å². The molecule has 1 aromatic rings. The summed E-state index contributed by atoms with van der Waals surface area (Å²) in [7, 11) is -3.45. The Morgan fingerprint density at radius 2 is 2.11 bits per heavy atom. The summed E-state index contributed by atoms with van der Waals surface area (Å²) in [6, 6.07) is 5.15. The fraction of sp³-hybridized carbons (Fsp3) is 0.278. The smallest absolute Gasteiger partial charge is 0.340 e. The van der Waals surface area contributed by atoms with E-state index in [0.717, 1.165) is 17.7 Å². The number of esters is 1. The van der Waals surface area contributed by atoms with Crippen molar-refractivity contribution in [3.8, 4) is 5.75 Å². The van der Waals surface area contributed by atoms with Crippen LogP contribution in [0.15, 0.2) is 46.5 Å². The minimum atomic E-state index is -3.45. The second kappa shape index (κ2) is 6.66. The maximum absolute atomic E-state index is 12.3. The lowest BCUT2D eigenvalue weighted by Crippen LogP contribution is -2.37. The monoisotopic (exact) mass is 388 g/mol. The Labute approximate surface area is 155 Å². The average molecular weight is 388 g/mol. The molecule has 3 aliphatic rings. The predicted molar refractivity (Wildman–Crippen MR) is 96.1 cm³/mol. The summed E-state index contributed by atoms with van der Waals surface area (Å²) in [5, 5.41) is 0. The summed E-state index contributed by atoms with van der Waals surface area (Å²) < 4.78 is 37.2. The zero-order chi connectivity index (χ0) is 19.0. The maximum atomic E-state index is 12.3. The van der Waals surface area contributed by atoms with Gasteiger partial charge in [0.15, 0.2) is 12.4 Å². The van der Waals surface area contributed by atoms with Crippen LogP contribution in [0.2, 0.25) is 0 Å². The van der Waals surface area contributed by atoms with Gasteiger partial charge in [0, 0.05) is 24.7 Å². The molecule has 0 radical (unpaired) electrons. The van der Waals surface area contributed by atoms with Crippen LogP contribution in [-0.4, -0.2) is 56.4 Å².